The van der Waals surface area contributed by atoms with E-state index < -0.39 is 16.6 Å². The molecule has 22 heavy (non-hydrogen) atoms. The summed E-state index contributed by atoms with van der Waals surface area (Å²) in [7, 11) is 0.117. The summed E-state index contributed by atoms with van der Waals surface area (Å²) in [5, 5.41) is 0.236. The number of nitrogens with one attached hydrogen (secondary N) is 1. The molecule has 109 valence electrons. The minimum Gasteiger partial charge on any atom is -0.497 e. The Bertz CT molecular complexity index is 825. The van der Waals surface area contributed by atoms with Crippen molar-refractivity contribution >= 4 is 51.4 Å². The molecule has 0 fully saturated rings. The van der Waals surface area contributed by atoms with Crippen molar-refractivity contribution in [1.82, 2.24) is 15.0 Å². The van der Waals surface area contributed by atoms with Crippen LogP contribution in [0.15, 0.2) is 41.7 Å². The summed E-state index contributed by atoms with van der Waals surface area (Å²) in [6.45, 7) is 0. The predicted molar refractivity (Wildman–Crippen MR) is 82.7 cm³/mol. The largest absolute Gasteiger partial charge is 0.497 e. The van der Waals surface area contributed by atoms with Gasteiger partial charge >= 0.3 is 0 Å². The number of halogens is 1. The van der Waals surface area contributed by atoms with Gasteiger partial charge in [-0.25, -0.2) is 9.37 Å². The molecule has 3 rings (SSSR count). The van der Waals surface area contributed by atoms with Gasteiger partial charge in [-0.3, -0.25) is 9.19 Å². The third-order valence-electron chi connectivity index (χ3n) is 2.96. The first-order chi connectivity index (χ1) is 10.2. The second-order valence-electron chi connectivity index (χ2n) is 4.35. The van der Waals surface area contributed by atoms with Gasteiger partial charge in [-0.15, -0.1) is 0 Å². The Labute approximate surface area is 151 Å². The smallest absolute Gasteiger partial charge is 0.197 e. The van der Waals surface area contributed by atoms with Crippen LogP contribution in [0.2, 0.25) is 0 Å². The Morgan fingerprint density at radius 1 is 1.36 bits per heavy atom. The Kier molecular flexibility index (Phi) is 5.69. The maximum absolute atomic E-state index is 13.6. The molecule has 2 heterocycles. The van der Waals surface area contributed by atoms with E-state index in [1.807, 2.05) is 0 Å². The molecule has 1 aromatic carbocycles. The number of nitrogens with zero attached hydrogens (tertiary/aromatic N) is 2. The van der Waals surface area contributed by atoms with Crippen LogP contribution in [0.4, 0.5) is 4.39 Å². The SMILES string of the molecule is COc1ccnc(CS(=O)c2nc3c(F)cccc3[nH]2)c1.[Na]. The number of hydrogen-bond acceptors (Lipinski definition) is 4. The minimum absolute atomic E-state index is 0. The van der Waals surface area contributed by atoms with E-state index >= 15 is 0 Å². The molecule has 0 bridgehead atoms. The van der Waals surface area contributed by atoms with Crippen LogP contribution in [0.1, 0.15) is 5.69 Å². The summed E-state index contributed by atoms with van der Waals surface area (Å²) in [5.41, 5.74) is 1.34. The Morgan fingerprint density at radius 2 is 2.18 bits per heavy atom. The fourth-order valence-electron chi connectivity index (χ4n) is 1.95. The second kappa shape index (κ2) is 7.32. The van der Waals surface area contributed by atoms with Crippen LogP contribution < -0.4 is 4.74 Å². The zero-order valence-electron chi connectivity index (χ0n) is 12.2. The molecule has 0 spiro atoms. The number of aromatic nitrogens is 3. The number of pyridine rings is 1. The van der Waals surface area contributed by atoms with Crippen LogP contribution in [0.5, 0.6) is 5.75 Å². The number of hydrogen-bond donors (Lipinski definition) is 1. The normalized spacial score (nSPS) is 11.9. The zero-order valence-corrected chi connectivity index (χ0v) is 15.0. The van der Waals surface area contributed by atoms with Crippen molar-refractivity contribution in [2.24, 2.45) is 0 Å². The fraction of sp³-hybridized carbons (Fsp3) is 0.143. The van der Waals surface area contributed by atoms with E-state index in [4.69, 9.17) is 4.74 Å². The summed E-state index contributed by atoms with van der Waals surface area (Å²) >= 11 is 0. The van der Waals surface area contributed by atoms with Gasteiger partial charge in [-0.2, -0.15) is 0 Å². The van der Waals surface area contributed by atoms with Gasteiger partial charge < -0.3 is 9.72 Å². The molecule has 0 aliphatic heterocycles. The number of fused-ring (bicyclic) bond motifs is 1. The number of rotatable bonds is 4. The monoisotopic (exact) mass is 328 g/mol. The molecule has 0 aliphatic carbocycles. The minimum atomic E-state index is -1.44. The Morgan fingerprint density at radius 3 is 2.91 bits per heavy atom. The van der Waals surface area contributed by atoms with Crippen molar-refractivity contribution in [2.75, 3.05) is 7.11 Å². The van der Waals surface area contributed by atoms with Gasteiger partial charge in [0.15, 0.2) is 11.0 Å². The van der Waals surface area contributed by atoms with Gasteiger partial charge in [-0.05, 0) is 18.2 Å². The van der Waals surface area contributed by atoms with Crippen molar-refractivity contribution in [3.63, 3.8) is 0 Å². The Balaban J connectivity index is 0.00000176. The molecule has 3 aromatic rings. The molecule has 1 radical (unpaired) electrons. The molecule has 1 unspecified atom stereocenters. The van der Waals surface area contributed by atoms with Crippen LogP contribution in [0.25, 0.3) is 11.0 Å². The molecular weight excluding hydrogens is 316 g/mol. The molecule has 2 aromatic heterocycles. The molecule has 1 atom stereocenters. The molecule has 0 aliphatic rings. The zero-order chi connectivity index (χ0) is 14.8. The predicted octanol–water partition coefficient (Wildman–Crippen LogP) is 2.03. The van der Waals surface area contributed by atoms with Crippen LogP contribution in [0, 0.1) is 5.82 Å². The summed E-state index contributed by atoms with van der Waals surface area (Å²) in [5.74, 6) is 0.387. The second-order valence-corrected chi connectivity index (χ2v) is 5.72. The average Bonchev–Trinajstić information content (AvgIpc) is 2.93. The number of aromatic amines is 1. The average molecular weight is 328 g/mol. The van der Waals surface area contributed by atoms with Crippen molar-refractivity contribution in [3.05, 3.63) is 48.0 Å². The molecule has 0 saturated heterocycles. The number of H-pyrrole nitrogens is 1. The number of para-hydroxylation sites is 1. The van der Waals surface area contributed by atoms with Crippen molar-refractivity contribution in [3.8, 4) is 5.75 Å². The molecule has 0 amide bonds. The van der Waals surface area contributed by atoms with Gasteiger partial charge in [0.25, 0.3) is 0 Å². The molecular formula is C14H12FN3NaO2S. The first-order valence-electron chi connectivity index (χ1n) is 6.19. The fourth-order valence-corrected chi connectivity index (χ4v) is 2.93. The van der Waals surface area contributed by atoms with Crippen molar-refractivity contribution in [2.45, 2.75) is 10.9 Å². The first-order valence-corrected chi connectivity index (χ1v) is 7.51. The quantitative estimate of drug-likeness (QED) is 0.744. The number of imidazole rings is 1. The van der Waals surface area contributed by atoms with Crippen LogP contribution in [0.3, 0.4) is 0 Å². The van der Waals surface area contributed by atoms with Gasteiger partial charge in [0.05, 0.1) is 34.9 Å². The Hall–Kier alpha value is -1.28. The number of ether oxygens (including phenoxy) is 1. The number of methoxy groups -OCH3 is 1. The summed E-state index contributed by atoms with van der Waals surface area (Å²) < 4.78 is 31.0. The molecule has 1 N–H and O–H groups in total. The molecule has 5 nitrogen and oxygen atoms in total. The van der Waals surface area contributed by atoms with E-state index in [1.165, 1.54) is 6.07 Å². The number of benzene rings is 1. The summed E-state index contributed by atoms with van der Waals surface area (Å²) in [4.78, 5) is 11.1. The van der Waals surface area contributed by atoms with E-state index in [0.717, 1.165) is 0 Å². The molecule has 8 heteroatoms. The molecule has 0 saturated carbocycles. The summed E-state index contributed by atoms with van der Waals surface area (Å²) in [6.07, 6.45) is 1.59. The van der Waals surface area contributed by atoms with Gasteiger partial charge in [-0.1, -0.05) is 6.07 Å². The van der Waals surface area contributed by atoms with Crippen LogP contribution in [-0.4, -0.2) is 55.8 Å². The maximum Gasteiger partial charge on any atom is 0.197 e. The van der Waals surface area contributed by atoms with E-state index in [2.05, 4.69) is 15.0 Å². The summed E-state index contributed by atoms with van der Waals surface area (Å²) in [6, 6.07) is 8.01. The van der Waals surface area contributed by atoms with E-state index in [1.54, 1.807) is 37.6 Å². The topological polar surface area (TPSA) is 67.9 Å². The van der Waals surface area contributed by atoms with Gasteiger partial charge in [0, 0.05) is 41.8 Å². The van der Waals surface area contributed by atoms with E-state index in [0.29, 0.717) is 17.0 Å². The van der Waals surface area contributed by atoms with Gasteiger partial charge in [0.2, 0.25) is 0 Å². The standard InChI is InChI=1S/C14H12FN3O2S.Na/c1-20-10-5-6-16-9(7-10)8-21(19)14-17-12-4-2-3-11(15)13(12)18-14;/h2-7H,8H2,1H3,(H,17,18);. The van der Waals surface area contributed by atoms with Crippen molar-refractivity contribution in [1.29, 1.82) is 0 Å². The van der Waals surface area contributed by atoms with E-state index in [-0.39, 0.29) is 46.0 Å². The van der Waals surface area contributed by atoms with Crippen molar-refractivity contribution < 1.29 is 13.3 Å². The third kappa shape index (κ3) is 3.55. The van der Waals surface area contributed by atoms with Crippen LogP contribution in [-0.2, 0) is 16.6 Å². The maximum atomic E-state index is 13.6. The third-order valence-corrected chi connectivity index (χ3v) is 4.14. The van der Waals surface area contributed by atoms with Gasteiger partial charge in [0.1, 0.15) is 11.3 Å². The van der Waals surface area contributed by atoms with Crippen LogP contribution >= 0.6 is 0 Å². The first kappa shape index (κ1) is 17.1. The van der Waals surface area contributed by atoms with E-state index in [9.17, 15) is 8.60 Å².